The SMILES string of the molecule is COC1CCCc2sc(C(N)C(=O)O)cc21. The number of thiophene rings is 1. The molecule has 1 aliphatic carbocycles. The van der Waals surface area contributed by atoms with Crippen molar-refractivity contribution < 1.29 is 14.6 Å². The van der Waals surface area contributed by atoms with Crippen molar-refractivity contribution >= 4 is 17.3 Å². The van der Waals surface area contributed by atoms with Gasteiger partial charge >= 0.3 is 5.97 Å². The molecule has 0 aliphatic heterocycles. The number of aryl methyl sites for hydroxylation is 1. The maximum Gasteiger partial charge on any atom is 0.325 e. The largest absolute Gasteiger partial charge is 0.480 e. The molecule has 0 bridgehead atoms. The Morgan fingerprint density at radius 2 is 2.50 bits per heavy atom. The molecule has 2 atom stereocenters. The second kappa shape index (κ2) is 4.53. The van der Waals surface area contributed by atoms with Crippen LogP contribution in [0.15, 0.2) is 6.07 Å². The molecule has 2 unspecified atom stereocenters. The van der Waals surface area contributed by atoms with Crippen LogP contribution >= 0.6 is 11.3 Å². The van der Waals surface area contributed by atoms with Crippen LogP contribution in [0.1, 0.15) is 40.3 Å². The van der Waals surface area contributed by atoms with E-state index in [-0.39, 0.29) is 6.10 Å². The molecule has 1 aliphatic rings. The third-order valence-electron chi connectivity index (χ3n) is 2.93. The minimum atomic E-state index is -0.979. The van der Waals surface area contributed by atoms with Crippen molar-refractivity contribution in [3.8, 4) is 0 Å². The Labute approximate surface area is 98.0 Å². The van der Waals surface area contributed by atoms with Gasteiger partial charge in [0.25, 0.3) is 0 Å². The number of carboxylic acids is 1. The van der Waals surface area contributed by atoms with Crippen LogP contribution in [0, 0.1) is 0 Å². The van der Waals surface area contributed by atoms with Gasteiger partial charge in [-0.3, -0.25) is 4.79 Å². The van der Waals surface area contributed by atoms with Gasteiger partial charge in [0.1, 0.15) is 6.04 Å². The first-order chi connectivity index (χ1) is 7.63. The van der Waals surface area contributed by atoms with Gasteiger partial charge in [0, 0.05) is 16.9 Å². The Hall–Kier alpha value is -0.910. The van der Waals surface area contributed by atoms with E-state index in [4.69, 9.17) is 15.6 Å². The summed E-state index contributed by atoms with van der Waals surface area (Å²) in [5.74, 6) is -0.979. The Balaban J connectivity index is 2.32. The van der Waals surface area contributed by atoms with E-state index in [0.29, 0.717) is 0 Å². The summed E-state index contributed by atoms with van der Waals surface area (Å²) in [5.41, 5.74) is 6.74. The van der Waals surface area contributed by atoms with Crippen LogP contribution < -0.4 is 5.73 Å². The molecule has 3 N–H and O–H groups in total. The van der Waals surface area contributed by atoms with Crippen LogP contribution in [-0.2, 0) is 16.0 Å². The van der Waals surface area contributed by atoms with E-state index in [1.807, 2.05) is 6.07 Å². The van der Waals surface area contributed by atoms with Crippen molar-refractivity contribution in [2.75, 3.05) is 7.11 Å². The molecule has 0 saturated carbocycles. The summed E-state index contributed by atoms with van der Waals surface area (Å²) in [6.07, 6.45) is 3.21. The number of ether oxygens (including phenoxy) is 1. The molecule has 0 saturated heterocycles. The lowest BCUT2D eigenvalue weighted by Crippen LogP contribution is -2.19. The first-order valence-corrected chi connectivity index (χ1v) is 6.08. The van der Waals surface area contributed by atoms with Gasteiger partial charge < -0.3 is 15.6 Å². The Morgan fingerprint density at radius 3 is 3.12 bits per heavy atom. The van der Waals surface area contributed by atoms with Gasteiger partial charge in [0.15, 0.2) is 0 Å². The lowest BCUT2D eigenvalue weighted by Gasteiger charge is -2.20. The highest BCUT2D eigenvalue weighted by atomic mass is 32.1. The zero-order chi connectivity index (χ0) is 11.7. The molecule has 5 heteroatoms. The number of carboxylic acid groups (broad SMARTS) is 1. The van der Waals surface area contributed by atoms with Gasteiger partial charge in [-0.05, 0) is 30.9 Å². The normalized spacial score (nSPS) is 21.5. The summed E-state index contributed by atoms with van der Waals surface area (Å²) in [5, 5.41) is 8.87. The molecule has 0 spiro atoms. The van der Waals surface area contributed by atoms with Crippen LogP contribution in [-0.4, -0.2) is 18.2 Å². The van der Waals surface area contributed by atoms with E-state index in [0.717, 1.165) is 29.7 Å². The molecule has 2 rings (SSSR count). The first kappa shape index (κ1) is 11.6. The van der Waals surface area contributed by atoms with Crippen molar-refractivity contribution in [1.29, 1.82) is 0 Å². The van der Waals surface area contributed by atoms with E-state index in [9.17, 15) is 4.79 Å². The smallest absolute Gasteiger partial charge is 0.325 e. The molecule has 1 aromatic rings. The number of hydrogen-bond acceptors (Lipinski definition) is 4. The number of carbonyl (C=O) groups is 1. The van der Waals surface area contributed by atoms with Crippen molar-refractivity contribution in [3.63, 3.8) is 0 Å². The topological polar surface area (TPSA) is 72.5 Å². The van der Waals surface area contributed by atoms with Gasteiger partial charge in [-0.2, -0.15) is 0 Å². The molecule has 4 nitrogen and oxygen atoms in total. The fourth-order valence-electron chi connectivity index (χ4n) is 2.06. The molecule has 0 aromatic carbocycles. The van der Waals surface area contributed by atoms with E-state index < -0.39 is 12.0 Å². The van der Waals surface area contributed by atoms with Crippen molar-refractivity contribution in [2.45, 2.75) is 31.4 Å². The predicted octanol–water partition coefficient (Wildman–Crippen LogP) is 1.86. The second-order valence-corrected chi connectivity index (χ2v) is 5.13. The summed E-state index contributed by atoms with van der Waals surface area (Å²) in [4.78, 5) is 12.8. The Morgan fingerprint density at radius 1 is 1.75 bits per heavy atom. The fraction of sp³-hybridized carbons (Fsp3) is 0.545. The lowest BCUT2D eigenvalue weighted by atomic mass is 9.95. The molecule has 1 aromatic heterocycles. The highest BCUT2D eigenvalue weighted by Crippen LogP contribution is 2.38. The number of nitrogens with two attached hydrogens (primary N) is 1. The summed E-state index contributed by atoms with van der Waals surface area (Å²) < 4.78 is 5.39. The lowest BCUT2D eigenvalue weighted by molar-refractivity contribution is -0.138. The van der Waals surface area contributed by atoms with Crippen LogP contribution in [0.25, 0.3) is 0 Å². The molecular weight excluding hydrogens is 226 g/mol. The summed E-state index contributed by atoms with van der Waals surface area (Å²) in [7, 11) is 1.69. The van der Waals surface area contributed by atoms with E-state index in [1.54, 1.807) is 7.11 Å². The molecule has 16 heavy (non-hydrogen) atoms. The van der Waals surface area contributed by atoms with Crippen LogP contribution in [0.5, 0.6) is 0 Å². The Bertz CT molecular complexity index is 402. The summed E-state index contributed by atoms with van der Waals surface area (Å²) in [6.45, 7) is 0. The van der Waals surface area contributed by atoms with Crippen molar-refractivity contribution in [3.05, 3.63) is 21.4 Å². The fourth-order valence-corrected chi connectivity index (χ4v) is 3.31. The first-order valence-electron chi connectivity index (χ1n) is 5.27. The van der Waals surface area contributed by atoms with E-state index >= 15 is 0 Å². The zero-order valence-corrected chi connectivity index (χ0v) is 9.92. The number of fused-ring (bicyclic) bond motifs is 1. The van der Waals surface area contributed by atoms with Crippen LogP contribution in [0.4, 0.5) is 0 Å². The van der Waals surface area contributed by atoms with E-state index in [1.165, 1.54) is 16.2 Å². The third kappa shape index (κ3) is 1.98. The zero-order valence-electron chi connectivity index (χ0n) is 9.10. The highest BCUT2D eigenvalue weighted by Gasteiger charge is 2.26. The maximum absolute atomic E-state index is 10.8. The maximum atomic E-state index is 10.8. The highest BCUT2D eigenvalue weighted by molar-refractivity contribution is 7.12. The number of methoxy groups -OCH3 is 1. The summed E-state index contributed by atoms with van der Waals surface area (Å²) in [6, 6.07) is 0.986. The van der Waals surface area contributed by atoms with Crippen LogP contribution in [0.2, 0.25) is 0 Å². The minimum absolute atomic E-state index is 0.106. The van der Waals surface area contributed by atoms with Gasteiger partial charge in [0.2, 0.25) is 0 Å². The second-order valence-electron chi connectivity index (χ2n) is 3.96. The standard InChI is InChI=1S/C11H15NO3S/c1-15-7-3-2-4-8-6(7)5-9(16-8)10(12)11(13)14/h5,7,10H,2-4,12H2,1H3,(H,13,14). The monoisotopic (exact) mass is 241 g/mol. The van der Waals surface area contributed by atoms with Crippen LogP contribution in [0.3, 0.4) is 0 Å². The Kier molecular flexibility index (Phi) is 3.28. The molecule has 88 valence electrons. The molecule has 1 heterocycles. The number of hydrogen-bond donors (Lipinski definition) is 2. The molecule has 0 fully saturated rings. The molecule has 0 amide bonds. The number of rotatable bonds is 3. The van der Waals surface area contributed by atoms with Crippen molar-refractivity contribution in [2.24, 2.45) is 5.73 Å². The minimum Gasteiger partial charge on any atom is -0.480 e. The predicted molar refractivity (Wildman–Crippen MR) is 61.6 cm³/mol. The van der Waals surface area contributed by atoms with E-state index in [2.05, 4.69) is 0 Å². The molecule has 0 radical (unpaired) electrons. The average molecular weight is 241 g/mol. The molecular formula is C11H15NO3S. The van der Waals surface area contributed by atoms with Gasteiger partial charge in [-0.1, -0.05) is 0 Å². The van der Waals surface area contributed by atoms with Gasteiger partial charge in [0.05, 0.1) is 6.10 Å². The average Bonchev–Trinajstić information content (AvgIpc) is 2.70. The van der Waals surface area contributed by atoms with Crippen molar-refractivity contribution in [1.82, 2.24) is 0 Å². The summed E-state index contributed by atoms with van der Waals surface area (Å²) >= 11 is 1.51. The number of aliphatic carboxylic acids is 1. The third-order valence-corrected chi connectivity index (χ3v) is 4.23. The quantitative estimate of drug-likeness (QED) is 0.847. The van der Waals surface area contributed by atoms with Gasteiger partial charge in [-0.15, -0.1) is 11.3 Å². The van der Waals surface area contributed by atoms with Gasteiger partial charge in [-0.25, -0.2) is 0 Å².